The van der Waals surface area contributed by atoms with Crippen LogP contribution in [-0.2, 0) is 4.74 Å². The number of hydrogen-bond donors (Lipinski definition) is 0. The summed E-state index contributed by atoms with van der Waals surface area (Å²) in [6.45, 7) is 4.42. The van der Waals surface area contributed by atoms with Crippen LogP contribution in [0.3, 0.4) is 0 Å². The second-order valence-electron chi connectivity index (χ2n) is 1.80. The van der Waals surface area contributed by atoms with E-state index in [4.69, 9.17) is 6.11 Å². The van der Waals surface area contributed by atoms with Crippen molar-refractivity contribution in [2.45, 2.75) is 20.0 Å². The van der Waals surface area contributed by atoms with E-state index in [0.717, 1.165) is 0 Å². The van der Waals surface area contributed by atoms with E-state index in [-0.39, 0.29) is 12.0 Å². The predicted molar refractivity (Wildman–Crippen MR) is 24.6 cm³/mol. The van der Waals surface area contributed by atoms with Crippen molar-refractivity contribution >= 4 is 0 Å². The summed E-state index contributed by atoms with van der Waals surface area (Å²) in [5, 5.41) is 0. The molecule has 2 atom stereocenters. The fourth-order valence-electron chi connectivity index (χ4n) is 0.417. The molecule has 0 radical (unpaired) electrons. The number of rotatable bonds is 0. The van der Waals surface area contributed by atoms with Crippen molar-refractivity contribution in [3.8, 4) is 0 Å². The Bertz CT molecular complexity index is 80.1. The highest BCUT2D eigenvalue weighted by Gasteiger charge is 2.21. The lowest BCUT2D eigenvalue weighted by atomic mass is 10.0. The summed E-state index contributed by atoms with van der Waals surface area (Å²) >= 11 is 0. The first-order chi connectivity index (χ1) is 3.13. The van der Waals surface area contributed by atoms with Crippen LogP contribution in [0.2, 0.25) is 0 Å². The molecule has 0 aliphatic carbocycles. The zero-order valence-electron chi connectivity index (χ0n) is 5.19. The lowest BCUT2D eigenvalue weighted by Gasteiger charge is -2.30. The topological polar surface area (TPSA) is 9.23 Å². The lowest BCUT2D eigenvalue weighted by molar-refractivity contribution is -0.0937. The smallest absolute Gasteiger partial charge is 0.0594 e. The maximum atomic E-state index is 7.35. The average molecular weight is 87.1 g/mol. The Labute approximate surface area is 39.7 Å². The molecule has 36 valence electrons. The maximum Gasteiger partial charge on any atom is 0.0594 e. The Morgan fingerprint density at radius 2 is 2.33 bits per heavy atom. The molecule has 0 bridgehead atoms. The fourth-order valence-corrected chi connectivity index (χ4v) is 0.417. The van der Waals surface area contributed by atoms with Crippen LogP contribution in [0, 0.1) is 5.89 Å². The maximum absolute atomic E-state index is 7.35. The van der Waals surface area contributed by atoms with Crippen molar-refractivity contribution in [2.75, 3.05) is 6.61 Å². The molecule has 1 saturated heterocycles. The Balaban J connectivity index is 2.43. The monoisotopic (exact) mass is 87.1 g/mol. The minimum atomic E-state index is -0.292. The number of hydrogen-bond acceptors (Lipinski definition) is 1. The minimum Gasteiger partial charge on any atom is -0.378 e. The van der Waals surface area contributed by atoms with Gasteiger partial charge in [-0.2, -0.15) is 0 Å². The molecule has 1 heteroatoms. The average Bonchev–Trinajstić information content (AvgIpc) is 1.63. The first kappa shape index (κ1) is 3.03. The van der Waals surface area contributed by atoms with Crippen LogP contribution in [0.1, 0.15) is 15.2 Å². The third kappa shape index (κ3) is 0.432. The Hall–Kier alpha value is -0.0400. The Morgan fingerprint density at radius 1 is 1.83 bits per heavy atom. The molecule has 0 spiro atoms. The van der Waals surface area contributed by atoms with Crippen molar-refractivity contribution in [3.63, 3.8) is 0 Å². The van der Waals surface area contributed by atoms with Gasteiger partial charge in [-0.25, -0.2) is 0 Å². The molecule has 1 nitrogen and oxygen atoms in total. The van der Waals surface area contributed by atoms with Crippen molar-refractivity contribution in [1.82, 2.24) is 0 Å². The summed E-state index contributed by atoms with van der Waals surface area (Å²) in [4.78, 5) is 0. The zero-order valence-corrected chi connectivity index (χ0v) is 4.19. The van der Waals surface area contributed by atoms with Crippen molar-refractivity contribution < 1.29 is 6.11 Å². The van der Waals surface area contributed by atoms with Gasteiger partial charge in [0.25, 0.3) is 0 Å². The SMILES string of the molecule is [2H]C1(C)COC1C. The lowest BCUT2D eigenvalue weighted by Crippen LogP contribution is -2.34. The van der Waals surface area contributed by atoms with Crippen LogP contribution < -0.4 is 0 Å². The molecule has 0 aromatic rings. The third-order valence-corrected chi connectivity index (χ3v) is 1.25. The van der Waals surface area contributed by atoms with Gasteiger partial charge in [0.2, 0.25) is 0 Å². The summed E-state index contributed by atoms with van der Waals surface area (Å²) in [5.74, 6) is -0.292. The minimum absolute atomic E-state index is 0.146. The highest BCUT2D eigenvalue weighted by Crippen LogP contribution is 2.17. The van der Waals surface area contributed by atoms with Crippen molar-refractivity contribution in [2.24, 2.45) is 5.89 Å². The summed E-state index contributed by atoms with van der Waals surface area (Å²) < 4.78 is 12.3. The van der Waals surface area contributed by atoms with E-state index in [9.17, 15) is 0 Å². The van der Waals surface area contributed by atoms with Crippen LogP contribution >= 0.6 is 0 Å². The zero-order chi connectivity index (χ0) is 5.49. The molecular weight excluding hydrogens is 76.1 g/mol. The summed E-state index contributed by atoms with van der Waals surface area (Å²) in [7, 11) is 0. The van der Waals surface area contributed by atoms with E-state index >= 15 is 0 Å². The molecule has 1 fully saturated rings. The van der Waals surface area contributed by atoms with Crippen LogP contribution in [0.4, 0.5) is 0 Å². The van der Waals surface area contributed by atoms with E-state index in [1.807, 2.05) is 13.8 Å². The van der Waals surface area contributed by atoms with Crippen LogP contribution in [-0.4, -0.2) is 12.7 Å². The van der Waals surface area contributed by atoms with Gasteiger partial charge >= 0.3 is 0 Å². The van der Waals surface area contributed by atoms with Gasteiger partial charge in [-0.15, -0.1) is 0 Å². The van der Waals surface area contributed by atoms with E-state index < -0.39 is 0 Å². The second-order valence-corrected chi connectivity index (χ2v) is 1.80. The van der Waals surface area contributed by atoms with Crippen LogP contribution in [0.15, 0.2) is 0 Å². The highest BCUT2D eigenvalue weighted by atomic mass is 16.5. The van der Waals surface area contributed by atoms with E-state index in [0.29, 0.717) is 6.61 Å². The first-order valence-electron chi connectivity index (χ1n) is 2.74. The highest BCUT2D eigenvalue weighted by molar-refractivity contribution is 4.68. The molecule has 1 aliphatic rings. The van der Waals surface area contributed by atoms with E-state index in [1.165, 1.54) is 0 Å². The van der Waals surface area contributed by atoms with Gasteiger partial charge < -0.3 is 4.74 Å². The van der Waals surface area contributed by atoms with Gasteiger partial charge in [-0.05, 0) is 6.92 Å². The van der Waals surface area contributed by atoms with Gasteiger partial charge in [0.1, 0.15) is 0 Å². The standard InChI is InChI=1S/C5H10O/c1-4-3-6-5(4)2/h4-5H,3H2,1-2H3/i4D. The van der Waals surface area contributed by atoms with Crippen LogP contribution in [0.25, 0.3) is 0 Å². The van der Waals surface area contributed by atoms with Gasteiger partial charge in [-0.3, -0.25) is 0 Å². The molecule has 2 unspecified atom stereocenters. The second kappa shape index (κ2) is 1.23. The van der Waals surface area contributed by atoms with Gasteiger partial charge in [-0.1, -0.05) is 6.92 Å². The quantitative estimate of drug-likeness (QED) is 0.429. The molecule has 1 heterocycles. The van der Waals surface area contributed by atoms with Crippen LogP contribution in [0.5, 0.6) is 0 Å². The van der Waals surface area contributed by atoms with E-state index in [1.54, 1.807) is 0 Å². The summed E-state index contributed by atoms with van der Waals surface area (Å²) in [5.41, 5.74) is 0. The predicted octanol–water partition coefficient (Wildman–Crippen LogP) is 1.04. The molecule has 1 rings (SSSR count). The normalized spacial score (nSPS) is 59.7. The Morgan fingerprint density at radius 3 is 2.33 bits per heavy atom. The van der Waals surface area contributed by atoms with Crippen molar-refractivity contribution in [1.29, 1.82) is 0 Å². The number of ether oxygens (including phenoxy) is 1. The molecule has 0 saturated carbocycles. The molecule has 0 amide bonds. The summed E-state index contributed by atoms with van der Waals surface area (Å²) in [6.07, 6.45) is 0.146. The van der Waals surface area contributed by atoms with Crippen molar-refractivity contribution in [3.05, 3.63) is 0 Å². The molecule has 1 aliphatic heterocycles. The largest absolute Gasteiger partial charge is 0.378 e. The molecule has 6 heavy (non-hydrogen) atoms. The van der Waals surface area contributed by atoms with Gasteiger partial charge in [0.15, 0.2) is 0 Å². The molecule has 0 N–H and O–H groups in total. The molecule has 0 aromatic carbocycles. The third-order valence-electron chi connectivity index (χ3n) is 1.25. The van der Waals surface area contributed by atoms with Gasteiger partial charge in [0, 0.05) is 7.26 Å². The first-order valence-corrected chi connectivity index (χ1v) is 2.24. The van der Waals surface area contributed by atoms with E-state index in [2.05, 4.69) is 0 Å². The Kier molecular flexibility index (Phi) is 0.619. The molecular formula is C5H10O. The molecule has 0 aromatic heterocycles. The van der Waals surface area contributed by atoms with Gasteiger partial charge in [0.05, 0.1) is 12.7 Å². The summed E-state index contributed by atoms with van der Waals surface area (Å²) in [6, 6.07) is 0. The fraction of sp³-hybridized carbons (Fsp3) is 1.00.